The van der Waals surface area contributed by atoms with Gasteiger partial charge in [0, 0.05) is 17.2 Å². The summed E-state index contributed by atoms with van der Waals surface area (Å²) in [5, 5.41) is 9.54. The minimum atomic E-state index is -0.480. The molecule has 0 spiro atoms. The van der Waals surface area contributed by atoms with Crippen LogP contribution in [-0.2, 0) is 9.59 Å². The molecule has 2 amide bonds. The predicted octanol–water partition coefficient (Wildman–Crippen LogP) is 5.50. The molecule has 0 radical (unpaired) electrons. The number of nitrogens with one attached hydrogen (secondary N) is 1. The third-order valence-electron chi connectivity index (χ3n) is 6.62. The van der Waals surface area contributed by atoms with E-state index >= 15 is 4.39 Å². The Morgan fingerprint density at radius 3 is 2.62 bits per heavy atom. The second kappa shape index (κ2) is 9.79. The van der Waals surface area contributed by atoms with Crippen molar-refractivity contribution >= 4 is 40.7 Å². The fraction of sp³-hybridized carbons (Fsp3) is 0.250. The van der Waals surface area contributed by atoms with Gasteiger partial charge < -0.3 is 5.32 Å². The summed E-state index contributed by atoms with van der Waals surface area (Å²) in [4.78, 5) is 29.1. The molecule has 4 aromatic rings. The second-order valence-corrected chi connectivity index (χ2v) is 11.3. The summed E-state index contributed by atoms with van der Waals surface area (Å²) in [5.41, 5.74) is 3.70. The fourth-order valence-corrected chi connectivity index (χ4v) is 6.60. The van der Waals surface area contributed by atoms with Gasteiger partial charge in [-0.3, -0.25) is 14.5 Å². The van der Waals surface area contributed by atoms with E-state index in [0.717, 1.165) is 34.5 Å². The van der Waals surface area contributed by atoms with Crippen LogP contribution in [0.5, 0.6) is 0 Å². The first-order valence-corrected chi connectivity index (χ1v) is 14.1. The Hall–Kier alpha value is -3.43. The molecule has 3 heterocycles. The van der Waals surface area contributed by atoms with Gasteiger partial charge in [0.15, 0.2) is 0 Å². The molecule has 1 aliphatic heterocycles. The Balaban J connectivity index is 1.62. The highest BCUT2D eigenvalue weighted by atomic mass is 32.2. The highest BCUT2D eigenvalue weighted by Crippen LogP contribution is 2.49. The SMILES string of the molecule is Cc1ccccc1-n1nc(-c2cccs2)c2c1N(CC(=O)NC1CC1)C(=O)CSC2c1ccccc1F. The lowest BCUT2D eigenvalue weighted by Gasteiger charge is -2.23. The van der Waals surface area contributed by atoms with E-state index in [1.165, 1.54) is 22.7 Å². The van der Waals surface area contributed by atoms with Crippen LogP contribution in [-0.4, -0.2) is 39.9 Å². The average molecular weight is 533 g/mol. The maximum Gasteiger partial charge on any atom is 0.240 e. The summed E-state index contributed by atoms with van der Waals surface area (Å²) in [6.07, 6.45) is 1.92. The zero-order valence-corrected chi connectivity index (χ0v) is 21.8. The van der Waals surface area contributed by atoms with Gasteiger partial charge in [-0.1, -0.05) is 42.5 Å². The molecule has 1 unspecified atom stereocenters. The molecule has 2 aromatic carbocycles. The van der Waals surface area contributed by atoms with Gasteiger partial charge >= 0.3 is 0 Å². The van der Waals surface area contributed by atoms with Gasteiger partial charge in [-0.05, 0) is 48.9 Å². The van der Waals surface area contributed by atoms with Crippen molar-refractivity contribution in [1.29, 1.82) is 0 Å². The standard InChI is InChI=1S/C28H25FN4O2S2/c1-17-7-2-5-10-21(17)33-28-25(26(31-33)22-11-6-14-36-22)27(19-8-3-4-9-20(19)29)37-16-24(35)32(28)15-23(34)30-18-12-13-18/h2-11,14,18,27H,12-13,15-16H2,1H3,(H,30,34). The monoisotopic (exact) mass is 532 g/mol. The normalized spacial score (nSPS) is 17.4. The number of anilines is 1. The molecular weight excluding hydrogens is 507 g/mol. The van der Waals surface area contributed by atoms with Gasteiger partial charge in [0.2, 0.25) is 11.8 Å². The lowest BCUT2D eigenvalue weighted by molar-refractivity contribution is -0.123. The van der Waals surface area contributed by atoms with Crippen LogP contribution in [0.15, 0.2) is 66.0 Å². The largest absolute Gasteiger partial charge is 0.352 e. The van der Waals surface area contributed by atoms with E-state index in [-0.39, 0.29) is 36.0 Å². The molecule has 2 aliphatic rings. The van der Waals surface area contributed by atoms with Gasteiger partial charge in [0.1, 0.15) is 23.9 Å². The van der Waals surface area contributed by atoms with E-state index in [9.17, 15) is 9.59 Å². The number of thiophene rings is 1. The number of benzene rings is 2. The van der Waals surface area contributed by atoms with Gasteiger partial charge in [-0.15, -0.1) is 23.1 Å². The first kappa shape index (κ1) is 23.9. The highest BCUT2D eigenvalue weighted by Gasteiger charge is 2.39. The number of nitrogens with zero attached hydrogens (tertiary/aromatic N) is 3. The van der Waals surface area contributed by atoms with Gasteiger partial charge in [-0.2, -0.15) is 5.10 Å². The molecule has 1 saturated carbocycles. The number of thioether (sulfide) groups is 1. The molecular formula is C28H25FN4O2S2. The first-order chi connectivity index (χ1) is 18.0. The van der Waals surface area contributed by atoms with E-state index < -0.39 is 5.25 Å². The lowest BCUT2D eigenvalue weighted by Crippen LogP contribution is -2.43. The summed E-state index contributed by atoms with van der Waals surface area (Å²) in [7, 11) is 0. The van der Waals surface area contributed by atoms with Crippen molar-refractivity contribution in [2.45, 2.75) is 31.1 Å². The van der Waals surface area contributed by atoms with Crippen molar-refractivity contribution < 1.29 is 14.0 Å². The Bertz CT molecular complexity index is 1480. The van der Waals surface area contributed by atoms with Crippen molar-refractivity contribution in [1.82, 2.24) is 15.1 Å². The van der Waals surface area contributed by atoms with Crippen LogP contribution in [0.25, 0.3) is 16.3 Å². The van der Waals surface area contributed by atoms with E-state index in [1.807, 2.05) is 54.8 Å². The first-order valence-electron chi connectivity index (χ1n) is 12.2. The van der Waals surface area contributed by atoms with Gasteiger partial charge in [0.25, 0.3) is 0 Å². The van der Waals surface area contributed by atoms with E-state index in [2.05, 4.69) is 5.32 Å². The Morgan fingerprint density at radius 1 is 1.11 bits per heavy atom. The summed E-state index contributed by atoms with van der Waals surface area (Å²) in [6, 6.07) is 18.6. The number of carbonyl (C=O) groups excluding carboxylic acids is 2. The molecule has 1 aliphatic carbocycles. The molecule has 2 aromatic heterocycles. The minimum Gasteiger partial charge on any atom is -0.352 e. The maximum absolute atomic E-state index is 15.2. The minimum absolute atomic E-state index is 0.113. The van der Waals surface area contributed by atoms with Gasteiger partial charge in [0.05, 0.1) is 21.6 Å². The summed E-state index contributed by atoms with van der Waals surface area (Å²) in [6.45, 7) is 1.87. The van der Waals surface area contributed by atoms with Crippen molar-refractivity contribution in [3.8, 4) is 16.3 Å². The Kier molecular flexibility index (Phi) is 6.34. The molecule has 1 fully saturated rings. The van der Waals surface area contributed by atoms with Crippen molar-refractivity contribution in [3.05, 3.63) is 88.6 Å². The molecule has 6 rings (SSSR count). The van der Waals surface area contributed by atoms with Gasteiger partial charge in [-0.25, -0.2) is 9.07 Å². The van der Waals surface area contributed by atoms with Crippen LogP contribution in [0, 0.1) is 12.7 Å². The van der Waals surface area contributed by atoms with Crippen molar-refractivity contribution in [2.24, 2.45) is 0 Å². The molecule has 6 nitrogen and oxygen atoms in total. The van der Waals surface area contributed by atoms with Crippen molar-refractivity contribution in [3.63, 3.8) is 0 Å². The molecule has 188 valence electrons. The number of hydrogen-bond acceptors (Lipinski definition) is 5. The lowest BCUT2D eigenvalue weighted by atomic mass is 10.0. The molecule has 9 heteroatoms. The topological polar surface area (TPSA) is 67.2 Å². The van der Waals surface area contributed by atoms with Crippen molar-refractivity contribution in [2.75, 3.05) is 17.2 Å². The van der Waals surface area contributed by atoms with Crippen LogP contribution >= 0.6 is 23.1 Å². The molecule has 37 heavy (non-hydrogen) atoms. The number of hydrogen-bond donors (Lipinski definition) is 1. The fourth-order valence-electron chi connectivity index (χ4n) is 4.66. The van der Waals surface area contributed by atoms with Crippen LogP contribution < -0.4 is 10.2 Å². The number of rotatable bonds is 6. The average Bonchev–Trinajstić information content (AvgIpc) is 3.41. The maximum atomic E-state index is 15.2. The van der Waals surface area contributed by atoms with Crippen LogP contribution in [0.2, 0.25) is 0 Å². The third-order valence-corrected chi connectivity index (χ3v) is 8.73. The Morgan fingerprint density at radius 2 is 1.89 bits per heavy atom. The van der Waals surface area contributed by atoms with E-state index in [0.29, 0.717) is 17.1 Å². The molecule has 0 saturated heterocycles. The zero-order valence-electron chi connectivity index (χ0n) is 20.2. The predicted molar refractivity (Wildman–Crippen MR) is 146 cm³/mol. The number of carbonyl (C=O) groups is 2. The van der Waals surface area contributed by atoms with Crippen LogP contribution in [0.1, 0.15) is 34.8 Å². The zero-order chi connectivity index (χ0) is 25.5. The van der Waals surface area contributed by atoms with E-state index in [1.54, 1.807) is 28.2 Å². The Labute approximate surface area is 222 Å². The summed E-state index contributed by atoms with van der Waals surface area (Å²) >= 11 is 2.91. The van der Waals surface area contributed by atoms with Crippen LogP contribution in [0.4, 0.5) is 10.2 Å². The summed E-state index contributed by atoms with van der Waals surface area (Å²) < 4.78 is 17.0. The number of amides is 2. The number of aromatic nitrogens is 2. The molecule has 1 N–H and O–H groups in total. The van der Waals surface area contributed by atoms with Crippen LogP contribution in [0.3, 0.4) is 0 Å². The number of fused-ring (bicyclic) bond motifs is 1. The number of para-hydroxylation sites is 1. The molecule has 1 atom stereocenters. The highest BCUT2D eigenvalue weighted by molar-refractivity contribution is 8.00. The summed E-state index contributed by atoms with van der Waals surface area (Å²) in [5.74, 6) is -0.108. The quantitative estimate of drug-likeness (QED) is 0.356. The third kappa shape index (κ3) is 4.57. The smallest absolute Gasteiger partial charge is 0.240 e. The number of halogens is 1. The molecule has 0 bridgehead atoms. The number of aryl methyl sites for hydroxylation is 1. The van der Waals surface area contributed by atoms with E-state index in [4.69, 9.17) is 5.10 Å². The second-order valence-electron chi connectivity index (χ2n) is 9.30.